The van der Waals surface area contributed by atoms with E-state index in [0.717, 1.165) is 10.0 Å². The Bertz CT molecular complexity index is 1180. The van der Waals surface area contributed by atoms with E-state index in [-0.39, 0.29) is 5.75 Å². The smallest absolute Gasteiger partial charge is 0.353 e. The van der Waals surface area contributed by atoms with Crippen LogP contribution in [0.2, 0.25) is 0 Å². The van der Waals surface area contributed by atoms with Crippen LogP contribution in [0.25, 0.3) is 0 Å². The van der Waals surface area contributed by atoms with Gasteiger partial charge in [-0.15, -0.1) is 11.3 Å². The monoisotopic (exact) mass is 515 g/mol. The van der Waals surface area contributed by atoms with Crippen LogP contribution in [-0.2, 0) is 9.59 Å². The predicted molar refractivity (Wildman–Crippen MR) is 126 cm³/mol. The summed E-state index contributed by atoms with van der Waals surface area (Å²) >= 11 is 4.61. The number of carbonyl (C=O) groups excluding carboxylic acids is 3. The third-order valence-electron chi connectivity index (χ3n) is 4.14. The second-order valence-electron chi connectivity index (χ2n) is 6.39. The van der Waals surface area contributed by atoms with E-state index in [1.54, 1.807) is 47.8 Å². The fourth-order valence-corrected chi connectivity index (χ4v) is 3.63. The Balaban J connectivity index is 1.60. The molecule has 1 heterocycles. The fraction of sp³-hybridized carbons (Fsp3) is 0.0909. The molecular formula is C22H18BrN3O5S. The van der Waals surface area contributed by atoms with Gasteiger partial charge in [0.2, 0.25) is 0 Å². The van der Waals surface area contributed by atoms with Crippen LogP contribution in [0.1, 0.15) is 20.8 Å². The van der Waals surface area contributed by atoms with Crippen molar-refractivity contribution in [2.24, 2.45) is 5.10 Å². The maximum Gasteiger partial charge on any atom is 0.353 e. The van der Waals surface area contributed by atoms with E-state index in [0.29, 0.717) is 21.9 Å². The van der Waals surface area contributed by atoms with Crippen LogP contribution in [0.15, 0.2) is 63.5 Å². The molecule has 0 aliphatic carbocycles. The minimum Gasteiger partial charge on any atom is -0.493 e. The van der Waals surface area contributed by atoms with Gasteiger partial charge in [0.25, 0.3) is 0 Å². The summed E-state index contributed by atoms with van der Waals surface area (Å²) in [4.78, 5) is 36.7. The highest BCUT2D eigenvalue weighted by Crippen LogP contribution is 2.29. The van der Waals surface area contributed by atoms with E-state index in [1.807, 2.05) is 13.0 Å². The van der Waals surface area contributed by atoms with Crippen LogP contribution >= 0.6 is 27.3 Å². The van der Waals surface area contributed by atoms with Crippen molar-refractivity contribution in [2.45, 2.75) is 6.92 Å². The molecule has 0 saturated heterocycles. The summed E-state index contributed by atoms with van der Waals surface area (Å²) in [6.07, 6.45) is 1.34. The van der Waals surface area contributed by atoms with Gasteiger partial charge in [0.05, 0.1) is 13.3 Å². The van der Waals surface area contributed by atoms with Gasteiger partial charge in [0.15, 0.2) is 11.5 Å². The molecule has 0 unspecified atom stereocenters. The van der Waals surface area contributed by atoms with Crippen LogP contribution in [0.3, 0.4) is 0 Å². The molecular weight excluding hydrogens is 498 g/mol. The lowest BCUT2D eigenvalue weighted by molar-refractivity contribution is -0.136. The maximum atomic E-state index is 12.1. The van der Waals surface area contributed by atoms with Crippen LogP contribution in [0.5, 0.6) is 11.5 Å². The number of esters is 1. The van der Waals surface area contributed by atoms with Gasteiger partial charge in [-0.05, 0) is 65.9 Å². The normalized spacial score (nSPS) is 10.6. The van der Waals surface area contributed by atoms with Gasteiger partial charge in [-0.1, -0.05) is 22.0 Å². The molecule has 32 heavy (non-hydrogen) atoms. The Morgan fingerprint density at radius 1 is 1.06 bits per heavy atom. The molecule has 0 atom stereocenters. The molecule has 2 N–H and O–H groups in total. The highest BCUT2D eigenvalue weighted by Gasteiger charge is 2.15. The molecule has 2 amide bonds. The van der Waals surface area contributed by atoms with E-state index in [9.17, 15) is 14.4 Å². The third kappa shape index (κ3) is 6.02. The number of carbonyl (C=O) groups is 3. The Hall–Kier alpha value is -3.50. The van der Waals surface area contributed by atoms with E-state index in [1.165, 1.54) is 24.7 Å². The largest absolute Gasteiger partial charge is 0.493 e. The first kappa shape index (κ1) is 23.2. The standard InChI is InChI=1S/C22H18BrN3O5S/c1-13-10-15(23)6-7-16(13)25-20(27)21(28)26-24-12-14-5-8-17(18(11-14)30-2)31-22(29)19-4-3-9-32-19/h3-12H,1-2H3,(H,25,27)(H,26,28)/b24-12+. The van der Waals surface area contributed by atoms with Crippen molar-refractivity contribution >= 4 is 57.0 Å². The number of thiophene rings is 1. The van der Waals surface area contributed by atoms with Gasteiger partial charge in [-0.3, -0.25) is 9.59 Å². The zero-order valence-corrected chi connectivity index (χ0v) is 19.5. The second-order valence-corrected chi connectivity index (χ2v) is 8.25. The fourth-order valence-electron chi connectivity index (χ4n) is 2.56. The summed E-state index contributed by atoms with van der Waals surface area (Å²) in [5.74, 6) is -1.69. The number of hydrazone groups is 1. The Morgan fingerprint density at radius 3 is 2.56 bits per heavy atom. The van der Waals surface area contributed by atoms with E-state index < -0.39 is 17.8 Å². The number of amides is 2. The van der Waals surface area contributed by atoms with Crippen molar-refractivity contribution in [2.75, 3.05) is 12.4 Å². The first-order chi connectivity index (χ1) is 15.4. The summed E-state index contributed by atoms with van der Waals surface area (Å²) in [6.45, 7) is 1.81. The number of nitrogens with one attached hydrogen (secondary N) is 2. The molecule has 0 fully saturated rings. The Labute approximate surface area is 196 Å². The number of rotatable bonds is 6. The average molecular weight is 516 g/mol. The molecule has 10 heteroatoms. The van der Waals surface area contributed by atoms with Crippen LogP contribution in [0, 0.1) is 6.92 Å². The van der Waals surface area contributed by atoms with E-state index in [2.05, 4.69) is 31.8 Å². The maximum absolute atomic E-state index is 12.1. The van der Waals surface area contributed by atoms with Crippen molar-refractivity contribution in [3.8, 4) is 11.5 Å². The molecule has 164 valence electrons. The predicted octanol–water partition coefficient (Wildman–Crippen LogP) is 4.14. The summed E-state index contributed by atoms with van der Waals surface area (Å²) < 4.78 is 11.5. The number of anilines is 1. The zero-order chi connectivity index (χ0) is 23.1. The lowest BCUT2D eigenvalue weighted by Crippen LogP contribution is -2.32. The molecule has 0 aliphatic heterocycles. The lowest BCUT2D eigenvalue weighted by Gasteiger charge is -2.09. The molecule has 0 spiro atoms. The topological polar surface area (TPSA) is 106 Å². The second kappa shape index (κ2) is 10.7. The van der Waals surface area contributed by atoms with Gasteiger partial charge in [0.1, 0.15) is 4.88 Å². The van der Waals surface area contributed by atoms with Gasteiger partial charge < -0.3 is 14.8 Å². The minimum atomic E-state index is -0.919. The first-order valence-electron chi connectivity index (χ1n) is 9.21. The minimum absolute atomic E-state index is 0.247. The first-order valence-corrected chi connectivity index (χ1v) is 10.9. The van der Waals surface area contributed by atoms with Gasteiger partial charge in [-0.25, -0.2) is 10.2 Å². The number of halogens is 1. The molecule has 3 aromatic rings. The molecule has 0 saturated carbocycles. The quantitative estimate of drug-likeness (QED) is 0.169. The summed E-state index contributed by atoms with van der Waals surface area (Å²) in [5.41, 5.74) is 4.05. The zero-order valence-electron chi connectivity index (χ0n) is 17.0. The number of methoxy groups -OCH3 is 1. The molecule has 0 aliphatic rings. The summed E-state index contributed by atoms with van der Waals surface area (Å²) in [6, 6.07) is 13.4. The Kier molecular flexibility index (Phi) is 7.74. The number of hydrogen-bond donors (Lipinski definition) is 2. The van der Waals surface area contributed by atoms with Crippen LogP contribution in [0.4, 0.5) is 5.69 Å². The number of hydrogen-bond acceptors (Lipinski definition) is 7. The number of benzene rings is 2. The number of aryl methyl sites for hydroxylation is 1. The molecule has 8 nitrogen and oxygen atoms in total. The van der Waals surface area contributed by atoms with Gasteiger partial charge in [0, 0.05) is 10.2 Å². The lowest BCUT2D eigenvalue weighted by atomic mass is 10.2. The van der Waals surface area contributed by atoms with Crippen molar-refractivity contribution in [1.29, 1.82) is 0 Å². The third-order valence-corrected chi connectivity index (χ3v) is 5.48. The SMILES string of the molecule is COc1cc(/C=N/NC(=O)C(=O)Nc2ccc(Br)cc2C)ccc1OC(=O)c1cccs1. The van der Waals surface area contributed by atoms with Crippen molar-refractivity contribution < 1.29 is 23.9 Å². The van der Waals surface area contributed by atoms with E-state index in [4.69, 9.17) is 9.47 Å². The number of nitrogens with zero attached hydrogens (tertiary/aromatic N) is 1. The molecule has 3 rings (SSSR count). The highest BCUT2D eigenvalue weighted by molar-refractivity contribution is 9.10. The van der Waals surface area contributed by atoms with E-state index >= 15 is 0 Å². The molecule has 2 aromatic carbocycles. The molecule has 0 radical (unpaired) electrons. The summed E-state index contributed by atoms with van der Waals surface area (Å²) in [5, 5.41) is 8.10. The van der Waals surface area contributed by atoms with Crippen LogP contribution in [-0.4, -0.2) is 31.1 Å². The van der Waals surface area contributed by atoms with Crippen molar-refractivity contribution in [1.82, 2.24) is 5.43 Å². The highest BCUT2D eigenvalue weighted by atomic mass is 79.9. The Morgan fingerprint density at radius 2 is 1.88 bits per heavy atom. The molecule has 0 bridgehead atoms. The molecule has 1 aromatic heterocycles. The van der Waals surface area contributed by atoms with Crippen molar-refractivity contribution in [3.63, 3.8) is 0 Å². The van der Waals surface area contributed by atoms with Crippen molar-refractivity contribution in [3.05, 3.63) is 74.4 Å². The van der Waals surface area contributed by atoms with Crippen LogP contribution < -0.4 is 20.2 Å². The van der Waals surface area contributed by atoms with Gasteiger partial charge in [-0.2, -0.15) is 5.10 Å². The average Bonchev–Trinajstić information content (AvgIpc) is 3.31. The summed E-state index contributed by atoms with van der Waals surface area (Å²) in [7, 11) is 1.44. The van der Waals surface area contributed by atoms with Gasteiger partial charge >= 0.3 is 17.8 Å². The number of ether oxygens (including phenoxy) is 2.